The van der Waals surface area contributed by atoms with E-state index >= 15 is 0 Å². The van der Waals surface area contributed by atoms with Gasteiger partial charge in [0.15, 0.2) is 17.3 Å². The molecule has 1 aromatic carbocycles. The number of nitrogens with zero attached hydrogens (tertiary/aromatic N) is 2. The van der Waals surface area contributed by atoms with E-state index in [-0.39, 0.29) is 11.9 Å². The molecule has 2 aromatic rings. The Hall–Kier alpha value is -2.50. The summed E-state index contributed by atoms with van der Waals surface area (Å²) in [6, 6.07) is 5.60. The number of hydrogen-bond acceptors (Lipinski definition) is 4. The summed E-state index contributed by atoms with van der Waals surface area (Å²) in [5.41, 5.74) is 0.965. The van der Waals surface area contributed by atoms with Crippen LogP contribution in [0.1, 0.15) is 35.6 Å². The van der Waals surface area contributed by atoms with E-state index in [1.54, 1.807) is 24.0 Å². The number of imidazole rings is 1. The van der Waals surface area contributed by atoms with Gasteiger partial charge < -0.3 is 19.4 Å². The lowest BCUT2D eigenvalue weighted by molar-refractivity contribution is 0.0926. The van der Waals surface area contributed by atoms with Crippen LogP contribution < -0.4 is 14.8 Å². The fraction of sp³-hybridized carbons (Fsp3) is 0.375. The maximum absolute atomic E-state index is 12.2. The first-order valence-corrected chi connectivity index (χ1v) is 7.33. The average Bonchev–Trinajstić information content (AvgIpc) is 2.80. The molecule has 0 aliphatic carbocycles. The van der Waals surface area contributed by atoms with Crippen LogP contribution in [0.3, 0.4) is 0 Å². The Morgan fingerprint density at radius 3 is 2.82 bits per heavy atom. The smallest absolute Gasteiger partial charge is 0.287 e. The van der Waals surface area contributed by atoms with Crippen molar-refractivity contribution in [1.82, 2.24) is 14.9 Å². The SMILES string of the molecule is C[C@@H](NC(=O)c1nccn1C)c1ccc2c(c1)OCCCO2. The van der Waals surface area contributed by atoms with Gasteiger partial charge in [-0.05, 0) is 24.6 Å². The third-order valence-corrected chi connectivity index (χ3v) is 3.64. The fourth-order valence-electron chi connectivity index (χ4n) is 2.38. The average molecular weight is 301 g/mol. The van der Waals surface area contributed by atoms with Gasteiger partial charge in [-0.15, -0.1) is 0 Å². The maximum Gasteiger partial charge on any atom is 0.287 e. The normalized spacial score (nSPS) is 15.0. The first-order chi connectivity index (χ1) is 10.6. The molecule has 0 bridgehead atoms. The molecule has 1 atom stereocenters. The summed E-state index contributed by atoms with van der Waals surface area (Å²) >= 11 is 0. The molecule has 3 rings (SSSR count). The van der Waals surface area contributed by atoms with Gasteiger partial charge in [-0.3, -0.25) is 4.79 Å². The number of fused-ring (bicyclic) bond motifs is 1. The zero-order chi connectivity index (χ0) is 15.5. The first kappa shape index (κ1) is 14.4. The van der Waals surface area contributed by atoms with E-state index in [0.29, 0.717) is 19.0 Å². The van der Waals surface area contributed by atoms with Crippen LogP contribution in [0.25, 0.3) is 0 Å². The molecule has 1 N–H and O–H groups in total. The number of nitrogens with one attached hydrogen (secondary N) is 1. The summed E-state index contributed by atoms with van der Waals surface area (Å²) in [6.07, 6.45) is 4.22. The molecule has 6 nitrogen and oxygen atoms in total. The summed E-state index contributed by atoms with van der Waals surface area (Å²) in [5, 5.41) is 2.94. The van der Waals surface area contributed by atoms with Crippen molar-refractivity contribution in [1.29, 1.82) is 0 Å². The predicted octanol–water partition coefficient (Wildman–Crippen LogP) is 2.07. The fourth-order valence-corrected chi connectivity index (χ4v) is 2.38. The van der Waals surface area contributed by atoms with Gasteiger partial charge >= 0.3 is 0 Å². The topological polar surface area (TPSA) is 65.4 Å². The lowest BCUT2D eigenvalue weighted by Gasteiger charge is -2.16. The Morgan fingerprint density at radius 1 is 1.32 bits per heavy atom. The third-order valence-electron chi connectivity index (χ3n) is 3.64. The highest BCUT2D eigenvalue weighted by Gasteiger charge is 2.17. The van der Waals surface area contributed by atoms with Crippen molar-refractivity contribution in [2.24, 2.45) is 7.05 Å². The van der Waals surface area contributed by atoms with Crippen LogP contribution in [0.5, 0.6) is 11.5 Å². The highest BCUT2D eigenvalue weighted by atomic mass is 16.5. The van der Waals surface area contributed by atoms with E-state index in [0.717, 1.165) is 23.5 Å². The van der Waals surface area contributed by atoms with Crippen LogP contribution in [0.4, 0.5) is 0 Å². The van der Waals surface area contributed by atoms with Crippen molar-refractivity contribution >= 4 is 5.91 Å². The summed E-state index contributed by atoms with van der Waals surface area (Å²) in [5.74, 6) is 1.67. The van der Waals surface area contributed by atoms with Gasteiger partial charge in [-0.1, -0.05) is 6.07 Å². The molecule has 22 heavy (non-hydrogen) atoms. The Kier molecular flexibility index (Phi) is 4.00. The Bertz CT molecular complexity index is 681. The molecule has 1 aliphatic rings. The molecule has 0 unspecified atom stereocenters. The lowest BCUT2D eigenvalue weighted by atomic mass is 10.1. The standard InChI is InChI=1S/C16H19N3O3/c1-11(18-16(20)15-17-6-7-19(15)2)12-4-5-13-14(10-12)22-9-3-8-21-13/h4-7,10-11H,3,8-9H2,1-2H3,(H,18,20)/t11-/m1/s1. The van der Waals surface area contributed by atoms with E-state index in [9.17, 15) is 4.79 Å². The minimum atomic E-state index is -0.202. The zero-order valence-corrected chi connectivity index (χ0v) is 12.7. The summed E-state index contributed by atoms with van der Waals surface area (Å²) < 4.78 is 13.0. The van der Waals surface area contributed by atoms with E-state index < -0.39 is 0 Å². The van der Waals surface area contributed by atoms with Crippen LogP contribution in [0.2, 0.25) is 0 Å². The Balaban J connectivity index is 1.75. The van der Waals surface area contributed by atoms with Crippen LogP contribution in [0.15, 0.2) is 30.6 Å². The minimum absolute atomic E-state index is 0.152. The molecule has 2 heterocycles. The monoisotopic (exact) mass is 301 g/mol. The van der Waals surface area contributed by atoms with Gasteiger partial charge in [0, 0.05) is 25.9 Å². The molecule has 0 saturated heterocycles. The number of amides is 1. The van der Waals surface area contributed by atoms with E-state index in [1.807, 2.05) is 25.1 Å². The van der Waals surface area contributed by atoms with Crippen LogP contribution >= 0.6 is 0 Å². The van der Waals surface area contributed by atoms with Crippen molar-refractivity contribution in [2.75, 3.05) is 13.2 Å². The summed E-state index contributed by atoms with van der Waals surface area (Å²) in [7, 11) is 1.79. The molecule has 1 amide bonds. The summed E-state index contributed by atoms with van der Waals surface area (Å²) in [6.45, 7) is 3.24. The molecule has 0 spiro atoms. The van der Waals surface area contributed by atoms with Crippen molar-refractivity contribution < 1.29 is 14.3 Å². The molecule has 0 fully saturated rings. The second-order valence-electron chi connectivity index (χ2n) is 5.31. The number of hydrogen-bond donors (Lipinski definition) is 1. The van der Waals surface area contributed by atoms with Gasteiger partial charge in [0.25, 0.3) is 5.91 Å². The molecule has 1 aromatic heterocycles. The van der Waals surface area contributed by atoms with E-state index in [4.69, 9.17) is 9.47 Å². The Labute approximate surface area is 129 Å². The van der Waals surface area contributed by atoms with Crippen molar-refractivity contribution in [3.05, 3.63) is 42.0 Å². The zero-order valence-electron chi connectivity index (χ0n) is 12.7. The largest absolute Gasteiger partial charge is 0.490 e. The maximum atomic E-state index is 12.2. The van der Waals surface area contributed by atoms with Crippen LogP contribution in [-0.4, -0.2) is 28.7 Å². The number of aryl methyl sites for hydroxylation is 1. The lowest BCUT2D eigenvalue weighted by Crippen LogP contribution is -2.28. The van der Waals surface area contributed by atoms with Crippen molar-refractivity contribution in [3.8, 4) is 11.5 Å². The number of aromatic nitrogens is 2. The molecule has 116 valence electrons. The quantitative estimate of drug-likeness (QED) is 0.942. The van der Waals surface area contributed by atoms with Crippen molar-refractivity contribution in [3.63, 3.8) is 0 Å². The third kappa shape index (κ3) is 2.90. The Morgan fingerprint density at radius 2 is 2.09 bits per heavy atom. The summed E-state index contributed by atoms with van der Waals surface area (Å²) in [4.78, 5) is 16.3. The number of carbonyl (C=O) groups is 1. The highest BCUT2D eigenvalue weighted by Crippen LogP contribution is 2.32. The number of benzene rings is 1. The second-order valence-corrected chi connectivity index (χ2v) is 5.31. The first-order valence-electron chi connectivity index (χ1n) is 7.33. The second kappa shape index (κ2) is 6.09. The van der Waals surface area contributed by atoms with E-state index in [1.165, 1.54) is 0 Å². The molecule has 0 radical (unpaired) electrons. The van der Waals surface area contributed by atoms with Gasteiger partial charge in [-0.25, -0.2) is 4.98 Å². The van der Waals surface area contributed by atoms with Crippen LogP contribution in [0, 0.1) is 0 Å². The number of ether oxygens (including phenoxy) is 2. The molecular formula is C16H19N3O3. The van der Waals surface area contributed by atoms with Gasteiger partial charge in [-0.2, -0.15) is 0 Å². The number of rotatable bonds is 3. The molecule has 6 heteroatoms. The van der Waals surface area contributed by atoms with Crippen LogP contribution in [-0.2, 0) is 7.05 Å². The molecule has 1 aliphatic heterocycles. The molecular weight excluding hydrogens is 282 g/mol. The van der Waals surface area contributed by atoms with Gasteiger partial charge in [0.1, 0.15) is 0 Å². The van der Waals surface area contributed by atoms with Gasteiger partial charge in [0.05, 0.1) is 19.3 Å². The number of carbonyl (C=O) groups excluding carboxylic acids is 1. The minimum Gasteiger partial charge on any atom is -0.490 e. The van der Waals surface area contributed by atoms with Gasteiger partial charge in [0.2, 0.25) is 0 Å². The molecule has 0 saturated carbocycles. The van der Waals surface area contributed by atoms with Crippen molar-refractivity contribution in [2.45, 2.75) is 19.4 Å². The predicted molar refractivity (Wildman–Crippen MR) is 81.1 cm³/mol. The highest BCUT2D eigenvalue weighted by molar-refractivity contribution is 5.91. The van der Waals surface area contributed by atoms with E-state index in [2.05, 4.69) is 10.3 Å².